The molecule has 84 valence electrons. The Bertz CT molecular complexity index is 207. The van der Waals surface area contributed by atoms with E-state index < -0.39 is 0 Å². The molecule has 0 aromatic heterocycles. The summed E-state index contributed by atoms with van der Waals surface area (Å²) < 4.78 is 0. The monoisotopic (exact) mass is 210 g/mol. The summed E-state index contributed by atoms with van der Waals surface area (Å²) in [5.74, 6) is 0. The third kappa shape index (κ3) is 71.5. The first-order valence-corrected chi connectivity index (χ1v) is 4.13. The van der Waals surface area contributed by atoms with Gasteiger partial charge in [0.15, 0.2) is 0 Å². The number of rotatable bonds is 3. The molecule has 0 N–H and O–H groups in total. The van der Waals surface area contributed by atoms with Gasteiger partial charge < -0.3 is 0 Å². The predicted octanol–water partition coefficient (Wildman–Crippen LogP) is 2.28. The first-order chi connectivity index (χ1) is 6.81. The molecular formula is C12H18O3. The van der Waals surface area contributed by atoms with E-state index in [9.17, 15) is 14.4 Å². The maximum Gasteiger partial charge on any atom is 0.145 e. The Morgan fingerprint density at radius 2 is 0.733 bits per heavy atom. The predicted molar refractivity (Wildman–Crippen MR) is 62.6 cm³/mol. The van der Waals surface area contributed by atoms with Crippen LogP contribution in [-0.4, -0.2) is 18.9 Å². The van der Waals surface area contributed by atoms with Crippen LogP contribution in [0.3, 0.4) is 0 Å². The van der Waals surface area contributed by atoms with Gasteiger partial charge in [0.2, 0.25) is 0 Å². The zero-order chi connectivity index (χ0) is 12.9. The van der Waals surface area contributed by atoms with Crippen LogP contribution in [-0.2, 0) is 14.4 Å². The molecule has 0 saturated heterocycles. The quantitative estimate of drug-likeness (QED) is 0.530. The molecule has 0 spiro atoms. The lowest BCUT2D eigenvalue weighted by Gasteiger charge is -1.65. The summed E-state index contributed by atoms with van der Waals surface area (Å²) in [6.45, 7) is 14.9. The highest BCUT2D eigenvalue weighted by atomic mass is 16.1. The summed E-state index contributed by atoms with van der Waals surface area (Å²) in [4.78, 5) is 28.2. The normalized spacial score (nSPS) is 6.60. The van der Waals surface area contributed by atoms with Gasteiger partial charge in [0.25, 0.3) is 0 Å². The zero-order valence-electron chi connectivity index (χ0n) is 9.58. The summed E-state index contributed by atoms with van der Waals surface area (Å²) in [6.07, 6.45) is 2.17. The Labute approximate surface area is 91.2 Å². The molecule has 0 bridgehead atoms. The van der Waals surface area contributed by atoms with Crippen LogP contribution in [0.1, 0.15) is 20.8 Å². The molecule has 0 aromatic rings. The standard InChI is InChI=1S/3C4H6O/c3*1-4(2)3-5/h3*3H,1H2,2H3. The van der Waals surface area contributed by atoms with Crippen LogP contribution in [0.5, 0.6) is 0 Å². The second kappa shape index (κ2) is 14.7. The van der Waals surface area contributed by atoms with E-state index in [1.807, 2.05) is 0 Å². The van der Waals surface area contributed by atoms with E-state index in [0.29, 0.717) is 16.7 Å². The molecule has 0 heterocycles. The molecule has 3 nitrogen and oxygen atoms in total. The highest BCUT2D eigenvalue weighted by molar-refractivity contribution is 5.71. The maximum absolute atomic E-state index is 9.41. The average Bonchev–Trinajstić information content (AvgIpc) is 2.19. The van der Waals surface area contributed by atoms with Gasteiger partial charge in [0.05, 0.1) is 0 Å². The van der Waals surface area contributed by atoms with Crippen LogP contribution in [0.2, 0.25) is 0 Å². The molecule has 0 unspecified atom stereocenters. The first-order valence-electron chi connectivity index (χ1n) is 4.13. The molecule has 0 aliphatic carbocycles. The lowest BCUT2D eigenvalue weighted by molar-refractivity contribution is -0.105. The van der Waals surface area contributed by atoms with Gasteiger partial charge in [-0.05, 0) is 37.5 Å². The zero-order valence-corrected chi connectivity index (χ0v) is 9.58. The molecule has 0 fully saturated rings. The van der Waals surface area contributed by atoms with Crippen molar-refractivity contribution in [1.82, 2.24) is 0 Å². The number of carbonyl (C=O) groups is 3. The van der Waals surface area contributed by atoms with E-state index in [0.717, 1.165) is 18.9 Å². The SMILES string of the molecule is C=C(C)C=O.C=C(C)C=O.C=C(C)C=O. The summed E-state index contributed by atoms with van der Waals surface area (Å²) in [6, 6.07) is 0. The molecular weight excluding hydrogens is 192 g/mol. The van der Waals surface area contributed by atoms with Gasteiger partial charge in [-0.15, -0.1) is 0 Å². The van der Waals surface area contributed by atoms with E-state index in [4.69, 9.17) is 0 Å². The minimum atomic E-state index is 0.574. The number of hydrogen-bond acceptors (Lipinski definition) is 3. The van der Waals surface area contributed by atoms with E-state index in [-0.39, 0.29) is 0 Å². The van der Waals surface area contributed by atoms with E-state index in [2.05, 4.69) is 19.7 Å². The highest BCUT2D eigenvalue weighted by Gasteiger charge is 1.67. The summed E-state index contributed by atoms with van der Waals surface area (Å²) in [5, 5.41) is 0. The maximum atomic E-state index is 9.41. The van der Waals surface area contributed by atoms with Crippen LogP contribution < -0.4 is 0 Å². The molecule has 0 aromatic carbocycles. The number of carbonyl (C=O) groups excluding carboxylic acids is 3. The first kappa shape index (κ1) is 18.9. The minimum absolute atomic E-state index is 0.574. The van der Waals surface area contributed by atoms with Crippen molar-refractivity contribution in [3.63, 3.8) is 0 Å². The molecule has 0 saturated carbocycles. The van der Waals surface area contributed by atoms with Crippen molar-refractivity contribution in [3.05, 3.63) is 36.5 Å². The summed E-state index contributed by atoms with van der Waals surface area (Å²) in [7, 11) is 0. The van der Waals surface area contributed by atoms with Gasteiger partial charge in [0.1, 0.15) is 18.9 Å². The lowest BCUT2D eigenvalue weighted by atomic mass is 10.4. The Hall–Kier alpha value is -1.77. The fraction of sp³-hybridized carbons (Fsp3) is 0.250. The molecule has 0 rings (SSSR count). The van der Waals surface area contributed by atoms with Crippen LogP contribution in [0.4, 0.5) is 0 Å². The topological polar surface area (TPSA) is 51.2 Å². The molecule has 0 aliphatic rings. The van der Waals surface area contributed by atoms with Crippen molar-refractivity contribution < 1.29 is 14.4 Å². The second-order valence-electron chi connectivity index (χ2n) is 2.89. The second-order valence-corrected chi connectivity index (χ2v) is 2.89. The molecule has 15 heavy (non-hydrogen) atoms. The van der Waals surface area contributed by atoms with Crippen molar-refractivity contribution >= 4 is 18.9 Å². The van der Waals surface area contributed by atoms with Gasteiger partial charge in [-0.2, -0.15) is 0 Å². The Balaban J connectivity index is -0.000000144. The van der Waals surface area contributed by atoms with Crippen LogP contribution in [0.25, 0.3) is 0 Å². The lowest BCUT2D eigenvalue weighted by Crippen LogP contribution is -1.65. The summed E-state index contributed by atoms with van der Waals surface area (Å²) >= 11 is 0. The van der Waals surface area contributed by atoms with Crippen LogP contribution >= 0.6 is 0 Å². The van der Waals surface area contributed by atoms with Crippen molar-refractivity contribution in [1.29, 1.82) is 0 Å². The smallest absolute Gasteiger partial charge is 0.145 e. The van der Waals surface area contributed by atoms with Gasteiger partial charge in [-0.1, -0.05) is 19.7 Å². The van der Waals surface area contributed by atoms with Crippen molar-refractivity contribution in [3.8, 4) is 0 Å². The third-order valence-corrected chi connectivity index (χ3v) is 0.604. The Kier molecular flexibility index (Phi) is 18.6. The highest BCUT2D eigenvalue weighted by Crippen LogP contribution is 1.71. The van der Waals surface area contributed by atoms with Gasteiger partial charge in [-0.25, -0.2) is 0 Å². The van der Waals surface area contributed by atoms with Gasteiger partial charge in [-0.3, -0.25) is 14.4 Å². The molecule has 3 heteroatoms. The van der Waals surface area contributed by atoms with Crippen molar-refractivity contribution in [2.45, 2.75) is 20.8 Å². The number of aldehydes is 3. The molecule has 0 amide bonds. The average molecular weight is 210 g/mol. The fourth-order valence-corrected chi connectivity index (χ4v) is 0. The minimum Gasteiger partial charge on any atom is -0.298 e. The number of hydrogen-bond donors (Lipinski definition) is 0. The molecule has 0 atom stereocenters. The fourth-order valence-electron chi connectivity index (χ4n) is 0. The van der Waals surface area contributed by atoms with E-state index >= 15 is 0 Å². The Morgan fingerprint density at radius 1 is 0.667 bits per heavy atom. The third-order valence-electron chi connectivity index (χ3n) is 0.604. The largest absolute Gasteiger partial charge is 0.298 e. The van der Waals surface area contributed by atoms with E-state index in [1.54, 1.807) is 20.8 Å². The summed E-state index contributed by atoms with van der Waals surface area (Å²) in [5.41, 5.74) is 1.72. The van der Waals surface area contributed by atoms with Gasteiger partial charge >= 0.3 is 0 Å². The number of allylic oxidation sites excluding steroid dienone is 3. The van der Waals surface area contributed by atoms with Crippen molar-refractivity contribution in [2.24, 2.45) is 0 Å². The molecule has 0 aliphatic heterocycles. The van der Waals surface area contributed by atoms with Crippen LogP contribution in [0, 0.1) is 0 Å². The Morgan fingerprint density at radius 3 is 0.733 bits per heavy atom. The van der Waals surface area contributed by atoms with E-state index in [1.165, 1.54) is 0 Å². The van der Waals surface area contributed by atoms with Crippen LogP contribution in [0.15, 0.2) is 36.5 Å². The van der Waals surface area contributed by atoms with Crippen molar-refractivity contribution in [2.75, 3.05) is 0 Å². The molecule has 0 radical (unpaired) electrons. The van der Waals surface area contributed by atoms with Gasteiger partial charge in [0, 0.05) is 0 Å².